The van der Waals surface area contributed by atoms with Crippen LogP contribution in [0.15, 0.2) is 84.9 Å². The van der Waals surface area contributed by atoms with Gasteiger partial charge in [0.15, 0.2) is 5.54 Å². The average molecular weight is 428 g/mol. The molecule has 0 aliphatic carbocycles. The maximum Gasteiger partial charge on any atom is 0.326 e. The molecule has 1 aliphatic heterocycles. The van der Waals surface area contributed by atoms with Crippen LogP contribution in [0.1, 0.15) is 23.6 Å². The Morgan fingerprint density at radius 3 is 1.94 bits per heavy atom. The third-order valence-corrected chi connectivity index (χ3v) is 5.84. The first-order valence-electron chi connectivity index (χ1n) is 10.6. The van der Waals surface area contributed by atoms with Crippen LogP contribution in [0.3, 0.4) is 0 Å². The van der Waals surface area contributed by atoms with Crippen LogP contribution in [0.5, 0.6) is 0 Å². The number of imide groups is 1. The Bertz CT molecular complexity index is 1110. The zero-order valence-corrected chi connectivity index (χ0v) is 18.1. The molecule has 0 bridgehead atoms. The average Bonchev–Trinajstić information content (AvgIpc) is 3.07. The molecule has 3 aromatic rings. The Labute approximate surface area is 187 Å². The Balaban J connectivity index is 1.70. The number of nitrogens with one attached hydrogen (secondary N) is 1. The van der Waals surface area contributed by atoms with Crippen molar-refractivity contribution in [2.45, 2.75) is 19.4 Å². The monoisotopic (exact) mass is 427 g/mol. The van der Waals surface area contributed by atoms with Crippen LogP contribution in [-0.4, -0.2) is 35.8 Å². The number of aryl methyl sites for hydroxylation is 1. The van der Waals surface area contributed by atoms with Gasteiger partial charge in [-0.05, 0) is 36.6 Å². The van der Waals surface area contributed by atoms with E-state index in [-0.39, 0.29) is 12.5 Å². The highest BCUT2D eigenvalue weighted by atomic mass is 16.2. The molecule has 0 atom stereocenters. The van der Waals surface area contributed by atoms with Crippen LogP contribution >= 0.6 is 0 Å². The summed E-state index contributed by atoms with van der Waals surface area (Å²) < 4.78 is 0. The molecule has 6 heteroatoms. The Morgan fingerprint density at radius 1 is 0.875 bits per heavy atom. The fraction of sp³-hybridized carbons (Fsp3) is 0.192. The maximum atomic E-state index is 13.8. The lowest BCUT2D eigenvalue weighted by molar-refractivity contribution is -0.133. The number of hydrogen-bond donors (Lipinski definition) is 1. The molecule has 4 rings (SSSR count). The first-order valence-corrected chi connectivity index (χ1v) is 10.6. The van der Waals surface area contributed by atoms with Crippen molar-refractivity contribution in [3.63, 3.8) is 0 Å². The number of rotatable bonds is 6. The summed E-state index contributed by atoms with van der Waals surface area (Å²) in [4.78, 5) is 42.6. The van der Waals surface area contributed by atoms with Crippen molar-refractivity contribution in [2.24, 2.45) is 0 Å². The number of amides is 4. The molecule has 1 fully saturated rings. The summed E-state index contributed by atoms with van der Waals surface area (Å²) in [6, 6.07) is 25.2. The number of anilines is 1. The van der Waals surface area contributed by atoms with E-state index in [9.17, 15) is 14.4 Å². The van der Waals surface area contributed by atoms with Gasteiger partial charge in [-0.2, -0.15) is 0 Å². The van der Waals surface area contributed by atoms with Crippen LogP contribution in [0.4, 0.5) is 10.5 Å². The van der Waals surface area contributed by atoms with Gasteiger partial charge in [-0.15, -0.1) is 0 Å². The van der Waals surface area contributed by atoms with E-state index in [1.807, 2.05) is 98.8 Å². The Hall–Kier alpha value is -3.93. The third-order valence-electron chi connectivity index (χ3n) is 5.84. The highest BCUT2D eigenvalue weighted by Gasteiger charge is 2.54. The van der Waals surface area contributed by atoms with Gasteiger partial charge in [-0.3, -0.25) is 14.5 Å². The SMILES string of the molecule is CCN(C(=O)CN1C(=O)NC(c2ccccc2)(c2ccccc2)C1=O)c1ccccc1C. The van der Waals surface area contributed by atoms with Crippen LogP contribution in [-0.2, 0) is 15.1 Å². The molecule has 0 spiro atoms. The molecular formula is C26H25N3O3. The highest BCUT2D eigenvalue weighted by molar-refractivity contribution is 6.12. The highest BCUT2D eigenvalue weighted by Crippen LogP contribution is 2.36. The van der Waals surface area contributed by atoms with Gasteiger partial charge in [0, 0.05) is 12.2 Å². The molecule has 4 amide bonds. The van der Waals surface area contributed by atoms with Gasteiger partial charge in [-0.25, -0.2) is 4.79 Å². The fourth-order valence-corrected chi connectivity index (χ4v) is 4.22. The Morgan fingerprint density at radius 2 is 1.41 bits per heavy atom. The van der Waals surface area contributed by atoms with Gasteiger partial charge in [-0.1, -0.05) is 78.9 Å². The van der Waals surface area contributed by atoms with Crippen LogP contribution in [0.2, 0.25) is 0 Å². The molecule has 1 aliphatic rings. The normalized spacial score (nSPS) is 14.9. The van der Waals surface area contributed by atoms with E-state index < -0.39 is 17.5 Å². The van der Waals surface area contributed by atoms with Crippen molar-refractivity contribution in [1.82, 2.24) is 10.2 Å². The van der Waals surface area contributed by atoms with E-state index in [4.69, 9.17) is 0 Å². The zero-order valence-electron chi connectivity index (χ0n) is 18.1. The van der Waals surface area contributed by atoms with E-state index in [1.165, 1.54) is 0 Å². The summed E-state index contributed by atoms with van der Waals surface area (Å²) in [5.74, 6) is -0.781. The summed E-state index contributed by atoms with van der Waals surface area (Å²) in [5.41, 5.74) is 1.63. The zero-order chi connectivity index (χ0) is 22.7. The van der Waals surface area contributed by atoms with E-state index in [0.717, 1.165) is 16.2 Å². The topological polar surface area (TPSA) is 69.7 Å². The molecule has 0 aromatic heterocycles. The van der Waals surface area contributed by atoms with Gasteiger partial charge in [0.1, 0.15) is 6.54 Å². The minimum absolute atomic E-state index is 0.317. The van der Waals surface area contributed by atoms with E-state index >= 15 is 0 Å². The summed E-state index contributed by atoms with van der Waals surface area (Å²) in [7, 11) is 0. The fourth-order valence-electron chi connectivity index (χ4n) is 4.22. The van der Waals surface area contributed by atoms with Gasteiger partial charge in [0.2, 0.25) is 5.91 Å². The molecule has 0 unspecified atom stereocenters. The second kappa shape index (κ2) is 8.67. The molecule has 0 radical (unpaired) electrons. The molecule has 1 N–H and O–H groups in total. The van der Waals surface area contributed by atoms with E-state index in [2.05, 4.69) is 5.32 Å². The van der Waals surface area contributed by atoms with Crippen molar-refractivity contribution >= 4 is 23.5 Å². The molecule has 0 saturated carbocycles. The largest absolute Gasteiger partial charge is 0.326 e. The predicted molar refractivity (Wildman–Crippen MR) is 123 cm³/mol. The summed E-state index contributed by atoms with van der Waals surface area (Å²) in [5, 5.41) is 2.88. The molecule has 162 valence electrons. The number of carbonyl (C=O) groups excluding carboxylic acids is 3. The lowest BCUT2D eigenvalue weighted by Gasteiger charge is -2.28. The van der Waals surface area contributed by atoms with Crippen LogP contribution < -0.4 is 10.2 Å². The van der Waals surface area contributed by atoms with Gasteiger partial charge in [0.05, 0.1) is 0 Å². The summed E-state index contributed by atoms with van der Waals surface area (Å²) in [6.07, 6.45) is 0. The first-order chi connectivity index (χ1) is 15.5. The minimum Gasteiger partial charge on any atom is -0.315 e. The molecule has 32 heavy (non-hydrogen) atoms. The number of likely N-dealkylation sites (N-methyl/N-ethyl adjacent to an activating group) is 1. The van der Waals surface area contributed by atoms with Crippen LogP contribution in [0.25, 0.3) is 0 Å². The van der Waals surface area contributed by atoms with Crippen molar-refractivity contribution in [3.8, 4) is 0 Å². The van der Waals surface area contributed by atoms with Crippen molar-refractivity contribution in [1.29, 1.82) is 0 Å². The lowest BCUT2D eigenvalue weighted by atomic mass is 9.82. The standard InChI is InChI=1S/C26H25N3O3/c1-3-28(22-17-11-10-12-19(22)2)23(30)18-29-24(31)26(27-25(29)32,20-13-6-4-7-14-20)21-15-8-5-9-16-21/h4-17H,3,18H2,1-2H3,(H,27,32). The second-order valence-electron chi connectivity index (χ2n) is 7.73. The van der Waals surface area contributed by atoms with Crippen molar-refractivity contribution < 1.29 is 14.4 Å². The van der Waals surface area contributed by atoms with E-state index in [1.54, 1.807) is 4.90 Å². The summed E-state index contributed by atoms with van der Waals surface area (Å²) >= 11 is 0. The first kappa shape index (κ1) is 21.3. The van der Waals surface area contributed by atoms with E-state index in [0.29, 0.717) is 17.7 Å². The molecule has 1 heterocycles. The minimum atomic E-state index is -1.38. The number of hydrogen-bond acceptors (Lipinski definition) is 3. The molecule has 3 aromatic carbocycles. The van der Waals surface area contributed by atoms with Crippen molar-refractivity contribution in [3.05, 3.63) is 102 Å². The second-order valence-corrected chi connectivity index (χ2v) is 7.73. The lowest BCUT2D eigenvalue weighted by Crippen LogP contribution is -2.46. The number of para-hydroxylation sites is 1. The number of benzene rings is 3. The third kappa shape index (κ3) is 3.54. The molecule has 1 saturated heterocycles. The number of nitrogens with zero attached hydrogens (tertiary/aromatic N) is 2. The predicted octanol–water partition coefficient (Wildman–Crippen LogP) is 3.84. The number of carbonyl (C=O) groups is 3. The van der Waals surface area contributed by atoms with Gasteiger partial charge < -0.3 is 10.2 Å². The van der Waals surface area contributed by atoms with Gasteiger partial charge >= 0.3 is 6.03 Å². The Kier molecular flexibility index (Phi) is 5.77. The molecule has 6 nitrogen and oxygen atoms in total. The molecular weight excluding hydrogens is 402 g/mol. The smallest absolute Gasteiger partial charge is 0.315 e. The number of urea groups is 1. The quantitative estimate of drug-likeness (QED) is 0.608. The maximum absolute atomic E-state index is 13.8. The summed E-state index contributed by atoms with van der Waals surface area (Å²) in [6.45, 7) is 3.88. The van der Waals surface area contributed by atoms with Crippen LogP contribution in [0, 0.1) is 6.92 Å². The van der Waals surface area contributed by atoms with Crippen molar-refractivity contribution in [2.75, 3.05) is 18.0 Å². The van der Waals surface area contributed by atoms with Gasteiger partial charge in [0.25, 0.3) is 5.91 Å².